The Hall–Kier alpha value is -5.15. The second-order valence-electron chi connectivity index (χ2n) is 9.02. The van der Waals surface area contributed by atoms with Crippen molar-refractivity contribution in [3.63, 3.8) is 0 Å². The lowest BCUT2D eigenvalue weighted by atomic mass is 10.1. The molecular formula is C29H22N8O. The van der Waals surface area contributed by atoms with Crippen LogP contribution in [0.15, 0.2) is 96.3 Å². The van der Waals surface area contributed by atoms with Crippen molar-refractivity contribution in [2.24, 2.45) is 0 Å². The Bertz CT molecular complexity index is 1850. The zero-order valence-corrected chi connectivity index (χ0v) is 20.2. The Kier molecular flexibility index (Phi) is 5.45. The molecule has 6 heterocycles. The fourth-order valence-corrected chi connectivity index (χ4v) is 4.57. The maximum Gasteiger partial charge on any atom is 0.161 e. The topological polar surface area (TPSA) is 121 Å². The SMILES string of the molecule is c1ccc(CNCc2cncc(-c3ccc4[nH]nc(-c5nc6c(-c7ccoc7)cncc6[nH]5)c4n3)c2)cc1. The summed E-state index contributed by atoms with van der Waals surface area (Å²) in [6.07, 6.45) is 10.6. The molecule has 38 heavy (non-hydrogen) atoms. The first-order chi connectivity index (χ1) is 18.8. The van der Waals surface area contributed by atoms with Gasteiger partial charge in [0.1, 0.15) is 11.0 Å². The number of aromatic nitrogens is 7. The van der Waals surface area contributed by atoms with Crippen molar-refractivity contribution >= 4 is 22.1 Å². The first-order valence-corrected chi connectivity index (χ1v) is 12.2. The molecule has 9 nitrogen and oxygen atoms in total. The number of nitrogens with one attached hydrogen (secondary N) is 3. The first-order valence-electron chi connectivity index (χ1n) is 12.2. The maximum atomic E-state index is 5.26. The van der Waals surface area contributed by atoms with Gasteiger partial charge in [0.15, 0.2) is 11.5 Å². The molecule has 9 heteroatoms. The Morgan fingerprint density at radius 2 is 1.66 bits per heavy atom. The lowest BCUT2D eigenvalue weighted by Crippen LogP contribution is -2.12. The minimum atomic E-state index is 0.616. The first kappa shape index (κ1) is 22.1. The van der Waals surface area contributed by atoms with E-state index in [1.807, 2.05) is 48.8 Å². The fraction of sp³-hybridized carbons (Fsp3) is 0.0690. The number of hydrogen-bond donors (Lipinski definition) is 3. The summed E-state index contributed by atoms with van der Waals surface area (Å²) in [5.74, 6) is 0.616. The van der Waals surface area contributed by atoms with Crippen molar-refractivity contribution in [2.45, 2.75) is 13.1 Å². The molecule has 0 saturated carbocycles. The molecule has 0 amide bonds. The second-order valence-corrected chi connectivity index (χ2v) is 9.02. The van der Waals surface area contributed by atoms with E-state index in [4.69, 9.17) is 14.4 Å². The van der Waals surface area contributed by atoms with Crippen molar-refractivity contribution < 1.29 is 4.42 Å². The molecule has 1 aromatic carbocycles. The van der Waals surface area contributed by atoms with Crippen LogP contribution in [0.3, 0.4) is 0 Å². The van der Waals surface area contributed by atoms with Crippen LogP contribution in [0, 0.1) is 0 Å². The molecular weight excluding hydrogens is 476 g/mol. The van der Waals surface area contributed by atoms with E-state index in [1.165, 1.54) is 5.56 Å². The molecule has 0 aliphatic heterocycles. The van der Waals surface area contributed by atoms with Gasteiger partial charge in [-0.1, -0.05) is 30.3 Å². The quantitative estimate of drug-likeness (QED) is 0.265. The van der Waals surface area contributed by atoms with E-state index in [0.29, 0.717) is 18.1 Å². The summed E-state index contributed by atoms with van der Waals surface area (Å²) in [4.78, 5) is 22.0. The van der Waals surface area contributed by atoms with Gasteiger partial charge in [0.05, 0.1) is 35.5 Å². The van der Waals surface area contributed by atoms with Gasteiger partial charge in [0.2, 0.25) is 0 Å². The van der Waals surface area contributed by atoms with E-state index in [2.05, 4.69) is 48.7 Å². The smallest absolute Gasteiger partial charge is 0.161 e. The number of pyridine rings is 3. The van der Waals surface area contributed by atoms with Crippen LogP contribution in [0.25, 0.3) is 56.0 Å². The highest BCUT2D eigenvalue weighted by atomic mass is 16.3. The molecule has 0 unspecified atom stereocenters. The van der Waals surface area contributed by atoms with E-state index in [-0.39, 0.29) is 0 Å². The summed E-state index contributed by atoms with van der Waals surface area (Å²) in [5, 5.41) is 11.1. The molecule has 0 aliphatic carbocycles. The van der Waals surface area contributed by atoms with Gasteiger partial charge < -0.3 is 14.7 Å². The highest BCUT2D eigenvalue weighted by Gasteiger charge is 2.17. The van der Waals surface area contributed by atoms with Crippen LogP contribution in [-0.4, -0.2) is 35.1 Å². The average Bonchev–Trinajstić information content (AvgIpc) is 3.73. The van der Waals surface area contributed by atoms with Crippen molar-refractivity contribution in [2.75, 3.05) is 0 Å². The molecule has 7 rings (SSSR count). The van der Waals surface area contributed by atoms with Gasteiger partial charge in [0, 0.05) is 48.4 Å². The van der Waals surface area contributed by atoms with E-state index < -0.39 is 0 Å². The monoisotopic (exact) mass is 498 g/mol. The Morgan fingerprint density at radius 3 is 2.55 bits per heavy atom. The number of imidazole rings is 1. The number of furan rings is 1. The summed E-state index contributed by atoms with van der Waals surface area (Å²) < 4.78 is 5.26. The van der Waals surface area contributed by atoms with Gasteiger partial charge in [-0.3, -0.25) is 15.1 Å². The van der Waals surface area contributed by atoms with E-state index >= 15 is 0 Å². The predicted octanol–water partition coefficient (Wildman–Crippen LogP) is 5.51. The number of rotatable bonds is 7. The zero-order valence-electron chi connectivity index (χ0n) is 20.2. The number of fused-ring (bicyclic) bond motifs is 2. The van der Waals surface area contributed by atoms with Crippen LogP contribution in [0.4, 0.5) is 0 Å². The van der Waals surface area contributed by atoms with E-state index in [9.17, 15) is 0 Å². The van der Waals surface area contributed by atoms with E-state index in [0.717, 1.165) is 56.6 Å². The van der Waals surface area contributed by atoms with Crippen LogP contribution >= 0.6 is 0 Å². The molecule has 7 aromatic rings. The molecule has 0 atom stereocenters. The number of benzene rings is 1. The lowest BCUT2D eigenvalue weighted by Gasteiger charge is -2.07. The van der Waals surface area contributed by atoms with Crippen LogP contribution < -0.4 is 5.32 Å². The van der Waals surface area contributed by atoms with Gasteiger partial charge in [-0.15, -0.1) is 0 Å². The van der Waals surface area contributed by atoms with Crippen molar-refractivity contribution in [3.05, 3.63) is 103 Å². The Morgan fingerprint density at radius 1 is 0.763 bits per heavy atom. The Balaban J connectivity index is 1.20. The standard InChI is InChI=1S/C29H22N8O/c1-2-4-18(5-3-1)11-30-12-19-10-21(14-31-13-19)23-6-7-24-27(33-23)28(37-36-24)29-34-25-16-32-15-22(26(25)35-29)20-8-9-38-17-20/h1-10,13-17,30H,11-12H2,(H,34,35)(H,36,37). The minimum absolute atomic E-state index is 0.616. The highest BCUT2D eigenvalue weighted by Crippen LogP contribution is 2.31. The molecule has 6 aromatic heterocycles. The summed E-state index contributed by atoms with van der Waals surface area (Å²) in [6.45, 7) is 1.50. The highest BCUT2D eigenvalue weighted by molar-refractivity contribution is 5.95. The fourth-order valence-electron chi connectivity index (χ4n) is 4.57. The summed E-state index contributed by atoms with van der Waals surface area (Å²) in [6, 6.07) is 18.3. The van der Waals surface area contributed by atoms with E-state index in [1.54, 1.807) is 24.9 Å². The normalized spacial score (nSPS) is 11.5. The molecule has 184 valence electrons. The number of aromatic amines is 2. The lowest BCUT2D eigenvalue weighted by molar-refractivity contribution is 0.568. The summed E-state index contributed by atoms with van der Waals surface area (Å²) >= 11 is 0. The summed E-state index contributed by atoms with van der Waals surface area (Å²) in [5.41, 5.74) is 9.69. The average molecular weight is 499 g/mol. The second kappa shape index (κ2) is 9.38. The van der Waals surface area contributed by atoms with Crippen LogP contribution in [-0.2, 0) is 13.1 Å². The van der Waals surface area contributed by atoms with Crippen LogP contribution in [0.5, 0.6) is 0 Å². The minimum Gasteiger partial charge on any atom is -0.472 e. The molecule has 0 bridgehead atoms. The van der Waals surface area contributed by atoms with Gasteiger partial charge in [0.25, 0.3) is 0 Å². The molecule has 0 saturated heterocycles. The summed E-state index contributed by atoms with van der Waals surface area (Å²) in [7, 11) is 0. The Labute approximate surface area is 217 Å². The number of nitrogens with zero attached hydrogens (tertiary/aromatic N) is 5. The van der Waals surface area contributed by atoms with Gasteiger partial charge in [-0.05, 0) is 35.4 Å². The molecule has 0 aliphatic rings. The molecule has 0 fully saturated rings. The van der Waals surface area contributed by atoms with Gasteiger partial charge in [-0.25, -0.2) is 9.97 Å². The van der Waals surface area contributed by atoms with Crippen molar-refractivity contribution in [3.8, 4) is 33.9 Å². The third kappa shape index (κ3) is 4.10. The maximum absolute atomic E-state index is 5.26. The molecule has 0 spiro atoms. The number of hydrogen-bond acceptors (Lipinski definition) is 7. The van der Waals surface area contributed by atoms with Gasteiger partial charge >= 0.3 is 0 Å². The van der Waals surface area contributed by atoms with Gasteiger partial charge in [-0.2, -0.15) is 5.10 Å². The number of H-pyrrole nitrogens is 2. The van der Waals surface area contributed by atoms with Crippen molar-refractivity contribution in [1.29, 1.82) is 0 Å². The molecule has 3 N–H and O–H groups in total. The van der Waals surface area contributed by atoms with Crippen molar-refractivity contribution in [1.82, 2.24) is 40.4 Å². The third-order valence-electron chi connectivity index (χ3n) is 6.45. The predicted molar refractivity (Wildman–Crippen MR) is 145 cm³/mol. The largest absolute Gasteiger partial charge is 0.472 e. The van der Waals surface area contributed by atoms with Crippen LogP contribution in [0.1, 0.15) is 11.1 Å². The van der Waals surface area contributed by atoms with Crippen LogP contribution in [0.2, 0.25) is 0 Å². The molecule has 0 radical (unpaired) electrons. The zero-order chi connectivity index (χ0) is 25.3. The third-order valence-corrected chi connectivity index (χ3v) is 6.45.